The van der Waals surface area contributed by atoms with Crippen molar-refractivity contribution in [2.75, 3.05) is 6.54 Å². The van der Waals surface area contributed by atoms with Crippen molar-refractivity contribution in [2.24, 2.45) is 5.73 Å². The van der Waals surface area contributed by atoms with Gasteiger partial charge >= 0.3 is 0 Å². The number of phenols is 1. The zero-order chi connectivity index (χ0) is 10.1. The molecule has 5 heteroatoms. The average molecular weight is 191 g/mol. The number of nitrogens with two attached hydrogens (primary N) is 1. The number of hydrogen-bond acceptors (Lipinski definition) is 2. The first kappa shape index (κ1) is 9.85. The summed E-state index contributed by atoms with van der Waals surface area (Å²) in [4.78, 5) is 0. The maximum Gasteiger partial charge on any atom is 0.288 e. The topological polar surface area (TPSA) is 46.2 Å². The Hall–Kier alpha value is -1.23. The van der Waals surface area contributed by atoms with E-state index in [1.807, 2.05) is 0 Å². The highest BCUT2D eigenvalue weighted by atomic mass is 19.3. The van der Waals surface area contributed by atoms with Crippen LogP contribution in [0.25, 0.3) is 0 Å². The van der Waals surface area contributed by atoms with Crippen molar-refractivity contribution >= 4 is 0 Å². The summed E-state index contributed by atoms with van der Waals surface area (Å²) in [5, 5.41) is 8.95. The summed E-state index contributed by atoms with van der Waals surface area (Å²) in [7, 11) is 0. The number of rotatable bonds is 2. The summed E-state index contributed by atoms with van der Waals surface area (Å²) in [6.45, 7) is -0.968. The normalized spacial score (nSPS) is 11.7. The molecule has 13 heavy (non-hydrogen) atoms. The van der Waals surface area contributed by atoms with Crippen LogP contribution in [0.1, 0.15) is 5.56 Å². The molecule has 2 nitrogen and oxygen atoms in total. The molecule has 0 atom stereocenters. The third-order valence-corrected chi connectivity index (χ3v) is 1.64. The van der Waals surface area contributed by atoms with Gasteiger partial charge in [0.05, 0.1) is 12.1 Å². The first-order valence-electron chi connectivity index (χ1n) is 3.55. The highest BCUT2D eigenvalue weighted by Crippen LogP contribution is 2.34. The van der Waals surface area contributed by atoms with E-state index in [0.717, 1.165) is 18.2 Å². The molecular formula is C8H8F3NO. The summed E-state index contributed by atoms with van der Waals surface area (Å²) in [5.41, 5.74) is 3.99. The van der Waals surface area contributed by atoms with Crippen molar-refractivity contribution in [1.29, 1.82) is 0 Å². The fraction of sp³-hybridized carbons (Fsp3) is 0.250. The summed E-state index contributed by atoms with van der Waals surface area (Å²) in [6, 6.07) is 2.92. The van der Waals surface area contributed by atoms with Crippen molar-refractivity contribution in [3.05, 3.63) is 29.6 Å². The second-order valence-corrected chi connectivity index (χ2v) is 2.54. The Kier molecular flexibility index (Phi) is 2.47. The third kappa shape index (κ3) is 1.75. The van der Waals surface area contributed by atoms with Crippen molar-refractivity contribution in [1.82, 2.24) is 0 Å². The number of para-hydroxylation sites is 1. The van der Waals surface area contributed by atoms with Crippen LogP contribution in [0.2, 0.25) is 0 Å². The van der Waals surface area contributed by atoms with Gasteiger partial charge in [-0.1, -0.05) is 6.07 Å². The van der Waals surface area contributed by atoms with Gasteiger partial charge < -0.3 is 10.8 Å². The predicted molar refractivity (Wildman–Crippen MR) is 41.0 cm³/mol. The third-order valence-electron chi connectivity index (χ3n) is 1.64. The maximum atomic E-state index is 12.9. The van der Waals surface area contributed by atoms with E-state index in [9.17, 15) is 13.2 Å². The molecule has 0 aromatic heterocycles. The standard InChI is InChI=1S/C8H8F3NO/c9-6-3-1-2-5(7(6)13)8(10,11)4-12/h1-3,13H,4,12H2. The molecule has 0 amide bonds. The van der Waals surface area contributed by atoms with Crippen LogP contribution in [-0.2, 0) is 5.92 Å². The highest BCUT2D eigenvalue weighted by Gasteiger charge is 2.33. The molecule has 0 radical (unpaired) electrons. The molecule has 1 aromatic rings. The second-order valence-electron chi connectivity index (χ2n) is 2.54. The summed E-state index contributed by atoms with van der Waals surface area (Å²) in [6.07, 6.45) is 0. The van der Waals surface area contributed by atoms with E-state index in [0.29, 0.717) is 0 Å². The van der Waals surface area contributed by atoms with Crippen LogP contribution in [-0.4, -0.2) is 11.7 Å². The Bertz CT molecular complexity index is 314. The molecule has 72 valence electrons. The van der Waals surface area contributed by atoms with Gasteiger partial charge in [0.15, 0.2) is 11.6 Å². The van der Waals surface area contributed by atoms with E-state index in [-0.39, 0.29) is 0 Å². The van der Waals surface area contributed by atoms with Gasteiger partial charge in [0, 0.05) is 0 Å². The number of aromatic hydroxyl groups is 1. The second kappa shape index (κ2) is 3.26. The van der Waals surface area contributed by atoms with Gasteiger partial charge in [-0.2, -0.15) is 8.78 Å². The monoisotopic (exact) mass is 191 g/mol. The molecule has 0 fully saturated rings. The lowest BCUT2D eigenvalue weighted by atomic mass is 10.1. The summed E-state index contributed by atoms with van der Waals surface area (Å²) in [5.74, 6) is -5.52. The molecule has 1 aromatic carbocycles. The molecular weight excluding hydrogens is 183 g/mol. The molecule has 0 heterocycles. The van der Waals surface area contributed by atoms with E-state index in [2.05, 4.69) is 0 Å². The molecule has 0 saturated heterocycles. The van der Waals surface area contributed by atoms with E-state index >= 15 is 0 Å². The quantitative estimate of drug-likeness (QED) is 0.745. The van der Waals surface area contributed by atoms with Gasteiger partial charge in [0.25, 0.3) is 5.92 Å². The van der Waals surface area contributed by atoms with Crippen LogP contribution >= 0.6 is 0 Å². The average Bonchev–Trinajstić information content (AvgIpc) is 2.09. The first-order valence-corrected chi connectivity index (χ1v) is 3.55. The Morgan fingerprint density at radius 2 is 2.00 bits per heavy atom. The molecule has 0 aliphatic carbocycles. The van der Waals surface area contributed by atoms with Crippen molar-refractivity contribution in [3.63, 3.8) is 0 Å². The van der Waals surface area contributed by atoms with E-state index in [4.69, 9.17) is 10.8 Å². The predicted octanol–water partition coefficient (Wildman–Crippen LogP) is 1.58. The van der Waals surface area contributed by atoms with E-state index in [1.54, 1.807) is 0 Å². The van der Waals surface area contributed by atoms with Gasteiger partial charge in [-0.15, -0.1) is 0 Å². The Morgan fingerprint density at radius 3 is 2.54 bits per heavy atom. The van der Waals surface area contributed by atoms with Crippen LogP contribution in [0.5, 0.6) is 5.75 Å². The number of alkyl halides is 2. The minimum absolute atomic E-state index is 0.782. The van der Waals surface area contributed by atoms with Crippen molar-refractivity contribution in [3.8, 4) is 5.75 Å². The lowest BCUT2D eigenvalue weighted by Gasteiger charge is -2.15. The largest absolute Gasteiger partial charge is 0.504 e. The summed E-state index contributed by atoms with van der Waals surface area (Å²) < 4.78 is 38.4. The van der Waals surface area contributed by atoms with Gasteiger partial charge in [-0.3, -0.25) is 0 Å². The van der Waals surface area contributed by atoms with Gasteiger partial charge in [-0.05, 0) is 12.1 Å². The fourth-order valence-corrected chi connectivity index (χ4v) is 0.920. The minimum atomic E-state index is -3.40. The SMILES string of the molecule is NCC(F)(F)c1cccc(F)c1O. The van der Waals surface area contributed by atoms with Crippen LogP contribution < -0.4 is 5.73 Å². The number of phenolic OH excluding ortho intramolecular Hbond substituents is 1. The molecule has 0 bridgehead atoms. The van der Waals surface area contributed by atoms with Crippen LogP contribution in [0.15, 0.2) is 18.2 Å². The molecule has 0 spiro atoms. The van der Waals surface area contributed by atoms with E-state index < -0.39 is 29.6 Å². The van der Waals surface area contributed by atoms with E-state index in [1.165, 1.54) is 0 Å². The molecule has 1 rings (SSSR count). The molecule has 0 aliphatic rings. The number of halogens is 3. The molecule has 0 unspecified atom stereocenters. The number of hydrogen-bond donors (Lipinski definition) is 2. The zero-order valence-electron chi connectivity index (χ0n) is 6.60. The Morgan fingerprint density at radius 1 is 1.38 bits per heavy atom. The lowest BCUT2D eigenvalue weighted by molar-refractivity contribution is 0.00327. The molecule has 0 aliphatic heterocycles. The lowest BCUT2D eigenvalue weighted by Crippen LogP contribution is -2.25. The van der Waals surface area contributed by atoms with Gasteiger partial charge in [0.1, 0.15) is 0 Å². The fourth-order valence-electron chi connectivity index (χ4n) is 0.920. The summed E-state index contributed by atoms with van der Waals surface area (Å²) >= 11 is 0. The zero-order valence-corrected chi connectivity index (χ0v) is 6.60. The maximum absolute atomic E-state index is 12.9. The van der Waals surface area contributed by atoms with Crippen LogP contribution in [0.3, 0.4) is 0 Å². The Labute approximate surface area is 72.8 Å². The van der Waals surface area contributed by atoms with Crippen LogP contribution in [0.4, 0.5) is 13.2 Å². The van der Waals surface area contributed by atoms with Crippen molar-refractivity contribution < 1.29 is 18.3 Å². The minimum Gasteiger partial charge on any atom is -0.504 e. The first-order chi connectivity index (χ1) is 5.99. The number of benzene rings is 1. The van der Waals surface area contributed by atoms with Crippen LogP contribution in [0, 0.1) is 5.82 Å². The van der Waals surface area contributed by atoms with Gasteiger partial charge in [-0.25, -0.2) is 4.39 Å². The van der Waals surface area contributed by atoms with Crippen molar-refractivity contribution in [2.45, 2.75) is 5.92 Å². The van der Waals surface area contributed by atoms with Gasteiger partial charge in [0.2, 0.25) is 0 Å². The highest BCUT2D eigenvalue weighted by molar-refractivity contribution is 5.36. The molecule has 3 N–H and O–H groups in total. The molecule has 0 saturated carbocycles. The smallest absolute Gasteiger partial charge is 0.288 e. The Balaban J connectivity index is 3.22.